The Morgan fingerprint density at radius 3 is 2.33 bits per heavy atom. The van der Waals surface area contributed by atoms with Gasteiger partial charge in [0.25, 0.3) is 0 Å². The fourth-order valence-electron chi connectivity index (χ4n) is 2.75. The summed E-state index contributed by atoms with van der Waals surface area (Å²) in [7, 11) is 0. The highest BCUT2D eigenvalue weighted by atomic mass is 16.5. The van der Waals surface area contributed by atoms with E-state index < -0.39 is 5.41 Å². The number of amides is 1. The van der Waals surface area contributed by atoms with Crippen LogP contribution in [0, 0.1) is 16.7 Å². The Bertz CT molecular complexity index is 532. The lowest BCUT2D eigenvalue weighted by molar-refractivity contribution is -0.126. The van der Waals surface area contributed by atoms with Crippen LogP contribution in [0.2, 0.25) is 0 Å². The summed E-state index contributed by atoms with van der Waals surface area (Å²) in [6, 6.07) is 8.29. The second-order valence-electron chi connectivity index (χ2n) is 5.42. The molecule has 1 aliphatic rings. The number of carbonyl (C=O) groups is 1. The second-order valence-corrected chi connectivity index (χ2v) is 5.42. The SMILES string of the molecule is CCc1cccc(CC)c1NC(=O)C1(C#N)CCOCC1. The molecule has 1 amide bonds. The van der Waals surface area contributed by atoms with Crippen molar-refractivity contribution in [1.29, 1.82) is 5.26 Å². The van der Waals surface area contributed by atoms with Crippen LogP contribution >= 0.6 is 0 Å². The normalized spacial score (nSPS) is 17.0. The van der Waals surface area contributed by atoms with Crippen molar-refractivity contribution >= 4 is 11.6 Å². The minimum absolute atomic E-state index is 0.191. The topological polar surface area (TPSA) is 62.1 Å². The Hall–Kier alpha value is -1.86. The average molecular weight is 286 g/mol. The van der Waals surface area contributed by atoms with Gasteiger partial charge in [-0.05, 0) is 36.8 Å². The summed E-state index contributed by atoms with van der Waals surface area (Å²) in [5.74, 6) is -0.191. The molecule has 0 saturated carbocycles. The zero-order valence-electron chi connectivity index (χ0n) is 12.7. The Morgan fingerprint density at radius 2 is 1.86 bits per heavy atom. The molecule has 1 heterocycles. The Morgan fingerprint density at radius 1 is 1.29 bits per heavy atom. The highest BCUT2D eigenvalue weighted by molar-refractivity contribution is 5.98. The van der Waals surface area contributed by atoms with E-state index in [1.165, 1.54) is 0 Å². The molecule has 4 heteroatoms. The van der Waals surface area contributed by atoms with Gasteiger partial charge in [0.15, 0.2) is 0 Å². The summed E-state index contributed by atoms with van der Waals surface area (Å²) < 4.78 is 5.29. The second kappa shape index (κ2) is 6.73. The molecule has 4 nitrogen and oxygen atoms in total. The van der Waals surface area contributed by atoms with Gasteiger partial charge in [0.2, 0.25) is 5.91 Å². The maximum atomic E-state index is 12.7. The molecule has 0 spiro atoms. The van der Waals surface area contributed by atoms with Gasteiger partial charge in [-0.25, -0.2) is 0 Å². The molecular weight excluding hydrogens is 264 g/mol. The number of hydrogen-bond acceptors (Lipinski definition) is 3. The van der Waals surface area contributed by atoms with Gasteiger partial charge in [0.05, 0.1) is 6.07 Å². The number of rotatable bonds is 4. The number of ether oxygens (including phenoxy) is 1. The number of benzene rings is 1. The number of nitrogens with zero attached hydrogens (tertiary/aromatic N) is 1. The van der Waals surface area contributed by atoms with Crippen molar-refractivity contribution in [3.8, 4) is 6.07 Å². The van der Waals surface area contributed by atoms with Gasteiger partial charge >= 0.3 is 0 Å². The van der Waals surface area contributed by atoms with E-state index in [0.717, 1.165) is 29.7 Å². The fraction of sp³-hybridized carbons (Fsp3) is 0.529. The van der Waals surface area contributed by atoms with Gasteiger partial charge in [-0.3, -0.25) is 4.79 Å². The first-order valence-electron chi connectivity index (χ1n) is 7.58. The number of carbonyl (C=O) groups excluding carboxylic acids is 1. The summed E-state index contributed by atoms with van der Waals surface area (Å²) in [6.45, 7) is 5.08. The van der Waals surface area contributed by atoms with E-state index in [1.807, 2.05) is 18.2 Å². The standard InChI is InChI=1S/C17H22N2O2/c1-3-13-6-5-7-14(4-2)15(13)19-16(20)17(12-18)8-10-21-11-9-17/h5-7H,3-4,8-11H2,1-2H3,(H,19,20). The molecule has 1 aliphatic heterocycles. The average Bonchev–Trinajstić information content (AvgIpc) is 2.55. The lowest BCUT2D eigenvalue weighted by Crippen LogP contribution is -2.40. The maximum absolute atomic E-state index is 12.7. The van der Waals surface area contributed by atoms with Crippen molar-refractivity contribution in [1.82, 2.24) is 0 Å². The largest absolute Gasteiger partial charge is 0.381 e. The van der Waals surface area contributed by atoms with Gasteiger partial charge in [0.1, 0.15) is 5.41 Å². The van der Waals surface area contributed by atoms with Crippen LogP contribution in [0.1, 0.15) is 37.8 Å². The number of anilines is 1. The molecular formula is C17H22N2O2. The van der Waals surface area contributed by atoms with Gasteiger partial charge in [-0.15, -0.1) is 0 Å². The fourth-order valence-corrected chi connectivity index (χ4v) is 2.75. The molecule has 0 aromatic heterocycles. The first-order chi connectivity index (χ1) is 10.2. The number of nitrogens with one attached hydrogen (secondary N) is 1. The molecule has 1 aromatic rings. The summed E-state index contributed by atoms with van der Waals surface area (Å²) >= 11 is 0. The molecule has 0 radical (unpaired) electrons. The van der Waals surface area contributed by atoms with Crippen LogP contribution in [-0.2, 0) is 22.4 Å². The molecule has 112 valence electrons. The van der Waals surface area contributed by atoms with Crippen LogP contribution in [0.4, 0.5) is 5.69 Å². The predicted octanol–water partition coefficient (Wildman–Crippen LogP) is 3.07. The van der Waals surface area contributed by atoms with E-state index >= 15 is 0 Å². The number of hydrogen-bond donors (Lipinski definition) is 1. The van der Waals surface area contributed by atoms with Crippen molar-refractivity contribution in [2.45, 2.75) is 39.5 Å². The number of nitriles is 1. The first-order valence-corrected chi connectivity index (χ1v) is 7.58. The molecule has 0 atom stereocenters. The van der Waals surface area contributed by atoms with Gasteiger partial charge in [0, 0.05) is 18.9 Å². The lowest BCUT2D eigenvalue weighted by atomic mass is 9.80. The summed E-state index contributed by atoms with van der Waals surface area (Å²) in [5.41, 5.74) is 2.16. The van der Waals surface area contributed by atoms with Crippen molar-refractivity contribution in [3.05, 3.63) is 29.3 Å². The van der Waals surface area contributed by atoms with E-state index in [-0.39, 0.29) is 5.91 Å². The Labute approximate surface area is 126 Å². The van der Waals surface area contributed by atoms with Crippen LogP contribution in [0.3, 0.4) is 0 Å². The third-order valence-electron chi connectivity index (χ3n) is 4.23. The van der Waals surface area contributed by atoms with Crippen LogP contribution in [0.15, 0.2) is 18.2 Å². The lowest BCUT2D eigenvalue weighted by Gasteiger charge is -2.30. The quantitative estimate of drug-likeness (QED) is 0.925. The molecule has 1 aromatic carbocycles. The van der Waals surface area contributed by atoms with E-state index in [0.29, 0.717) is 26.1 Å². The van der Waals surface area contributed by atoms with Gasteiger partial charge < -0.3 is 10.1 Å². The van der Waals surface area contributed by atoms with Crippen LogP contribution < -0.4 is 5.32 Å². The smallest absolute Gasteiger partial charge is 0.245 e. The Kier molecular flexibility index (Phi) is 4.98. The minimum atomic E-state index is -0.954. The maximum Gasteiger partial charge on any atom is 0.245 e. The van der Waals surface area contributed by atoms with Gasteiger partial charge in [-0.1, -0.05) is 32.0 Å². The van der Waals surface area contributed by atoms with Crippen molar-refractivity contribution < 1.29 is 9.53 Å². The van der Waals surface area contributed by atoms with Gasteiger partial charge in [-0.2, -0.15) is 5.26 Å². The molecule has 21 heavy (non-hydrogen) atoms. The monoisotopic (exact) mass is 286 g/mol. The highest BCUT2D eigenvalue weighted by Gasteiger charge is 2.40. The van der Waals surface area contributed by atoms with E-state index in [4.69, 9.17) is 4.74 Å². The third-order valence-corrected chi connectivity index (χ3v) is 4.23. The molecule has 0 bridgehead atoms. The molecule has 1 saturated heterocycles. The number of para-hydroxylation sites is 1. The van der Waals surface area contributed by atoms with Crippen molar-refractivity contribution in [2.24, 2.45) is 5.41 Å². The first kappa shape index (κ1) is 15.5. The molecule has 1 fully saturated rings. The zero-order chi connectivity index (χ0) is 15.3. The van der Waals surface area contributed by atoms with Crippen LogP contribution in [0.25, 0.3) is 0 Å². The summed E-state index contributed by atoms with van der Waals surface area (Å²) in [6.07, 6.45) is 2.63. The number of aryl methyl sites for hydroxylation is 2. The van der Waals surface area contributed by atoms with E-state index in [9.17, 15) is 10.1 Å². The van der Waals surface area contributed by atoms with Crippen molar-refractivity contribution in [3.63, 3.8) is 0 Å². The molecule has 2 rings (SSSR count). The van der Waals surface area contributed by atoms with E-state index in [1.54, 1.807) is 0 Å². The van der Waals surface area contributed by atoms with Crippen LogP contribution in [0.5, 0.6) is 0 Å². The van der Waals surface area contributed by atoms with Crippen molar-refractivity contribution in [2.75, 3.05) is 18.5 Å². The molecule has 1 N–H and O–H groups in total. The molecule has 0 unspecified atom stereocenters. The van der Waals surface area contributed by atoms with E-state index in [2.05, 4.69) is 25.2 Å². The Balaban J connectivity index is 2.29. The summed E-state index contributed by atoms with van der Waals surface area (Å²) in [5, 5.41) is 12.5. The zero-order valence-corrected chi connectivity index (χ0v) is 12.7. The predicted molar refractivity (Wildman–Crippen MR) is 81.9 cm³/mol. The summed E-state index contributed by atoms with van der Waals surface area (Å²) in [4.78, 5) is 12.7. The molecule has 0 aliphatic carbocycles. The third kappa shape index (κ3) is 3.08. The highest BCUT2D eigenvalue weighted by Crippen LogP contribution is 2.32. The minimum Gasteiger partial charge on any atom is -0.381 e. The van der Waals surface area contributed by atoms with Crippen LogP contribution in [-0.4, -0.2) is 19.1 Å².